The first-order valence-corrected chi connectivity index (χ1v) is 22.2. The van der Waals surface area contributed by atoms with Gasteiger partial charge in [-0.05, 0) is 51.4 Å². The van der Waals surface area contributed by atoms with Crippen molar-refractivity contribution in [2.45, 2.75) is 172 Å². The molecule has 1 rings (SSSR count). The Morgan fingerprint density at radius 1 is 0.561 bits per heavy atom. The zero-order chi connectivity index (χ0) is 42.2. The van der Waals surface area contributed by atoms with Gasteiger partial charge >= 0.3 is 19.8 Å². The lowest BCUT2D eigenvalue weighted by Gasteiger charge is -2.41. The first-order chi connectivity index (χ1) is 27.4. The normalized spacial score (nSPS) is 23.4. The van der Waals surface area contributed by atoms with E-state index in [4.69, 9.17) is 18.5 Å². The van der Waals surface area contributed by atoms with E-state index in [0.717, 1.165) is 57.8 Å². The molecule has 0 aliphatic heterocycles. The fourth-order valence-electron chi connectivity index (χ4n) is 5.72. The van der Waals surface area contributed by atoms with Crippen molar-refractivity contribution < 1.29 is 63.1 Å². The summed E-state index contributed by atoms with van der Waals surface area (Å²) < 4.78 is 33.3. The third kappa shape index (κ3) is 26.1. The minimum absolute atomic E-state index is 0.0394. The molecule has 1 aliphatic rings. The standard InChI is InChI=1S/C43H71O13P/c1-3-5-7-9-11-13-14-15-16-17-18-19-20-21-22-24-25-27-29-31-36(44)53-33-35(55-37(45)32-30-28-26-23-12-10-8-6-4-2)34-54-57(51,52)56-43-41(49)39(47)38(46)40(48)42(43)50/h5,7,11,13,15-16,18-19,21-22,25,27,35,38-43,46-50H,3-4,6,8-10,12,14,17,20,23-24,26,28-34H2,1-2H3,(H,51,52)/b7-5-,13-11-,16-15-,19-18-,22-21-,27-25-/t35-,38?,39-,40?,41?,42?,43?/m1/s1. The van der Waals surface area contributed by atoms with E-state index in [0.29, 0.717) is 19.3 Å². The van der Waals surface area contributed by atoms with Crippen LogP contribution in [0.2, 0.25) is 0 Å². The largest absolute Gasteiger partial charge is 0.472 e. The number of hydrogen-bond donors (Lipinski definition) is 6. The average molecular weight is 827 g/mol. The molecule has 6 unspecified atom stereocenters. The molecule has 0 aromatic rings. The first kappa shape index (κ1) is 52.3. The Hall–Kier alpha value is -2.71. The van der Waals surface area contributed by atoms with Crippen molar-refractivity contribution in [2.24, 2.45) is 0 Å². The van der Waals surface area contributed by atoms with Crippen LogP contribution in [0, 0.1) is 0 Å². The minimum Gasteiger partial charge on any atom is -0.462 e. The van der Waals surface area contributed by atoms with E-state index in [-0.39, 0.29) is 12.8 Å². The lowest BCUT2D eigenvalue weighted by Crippen LogP contribution is -2.64. The number of allylic oxidation sites excluding steroid dienone is 12. The predicted molar refractivity (Wildman–Crippen MR) is 221 cm³/mol. The molecule has 0 amide bonds. The van der Waals surface area contributed by atoms with Crippen molar-refractivity contribution in [1.82, 2.24) is 0 Å². The Bertz CT molecular complexity index is 1280. The second kappa shape index (κ2) is 33.2. The van der Waals surface area contributed by atoms with E-state index >= 15 is 0 Å². The number of unbranched alkanes of at least 4 members (excludes halogenated alkanes) is 8. The van der Waals surface area contributed by atoms with Crippen LogP contribution in [0.1, 0.15) is 129 Å². The van der Waals surface area contributed by atoms with Crippen molar-refractivity contribution in [3.8, 4) is 0 Å². The molecule has 1 fully saturated rings. The molecular formula is C43H71O13P. The zero-order valence-corrected chi connectivity index (χ0v) is 35.0. The maximum atomic E-state index is 12.7. The van der Waals surface area contributed by atoms with Gasteiger partial charge in [-0.2, -0.15) is 0 Å². The Kier molecular flexibility index (Phi) is 30.4. The van der Waals surface area contributed by atoms with E-state index in [1.807, 2.05) is 18.2 Å². The number of aliphatic hydroxyl groups excluding tert-OH is 5. The van der Waals surface area contributed by atoms with Crippen molar-refractivity contribution >= 4 is 19.8 Å². The van der Waals surface area contributed by atoms with Crippen LogP contribution in [0.15, 0.2) is 72.9 Å². The van der Waals surface area contributed by atoms with Crippen LogP contribution in [-0.2, 0) is 32.7 Å². The summed E-state index contributed by atoms with van der Waals surface area (Å²) in [5.41, 5.74) is 0. The number of aliphatic hydroxyl groups is 5. The number of phosphoric acid groups is 1. The topological polar surface area (TPSA) is 210 Å². The monoisotopic (exact) mass is 826 g/mol. The molecule has 326 valence electrons. The molecule has 14 heteroatoms. The number of rotatable bonds is 32. The molecule has 0 radical (unpaired) electrons. The Labute approximate surface area is 340 Å². The van der Waals surface area contributed by atoms with E-state index in [2.05, 4.69) is 68.5 Å². The van der Waals surface area contributed by atoms with Gasteiger partial charge in [-0.25, -0.2) is 4.57 Å². The van der Waals surface area contributed by atoms with Crippen LogP contribution in [-0.4, -0.2) is 98.3 Å². The second-order valence-corrected chi connectivity index (χ2v) is 15.5. The number of esters is 2. The van der Waals surface area contributed by atoms with Crippen LogP contribution in [0.25, 0.3) is 0 Å². The van der Waals surface area contributed by atoms with Gasteiger partial charge in [0.05, 0.1) is 6.61 Å². The van der Waals surface area contributed by atoms with Crippen LogP contribution < -0.4 is 0 Å². The molecule has 13 nitrogen and oxygen atoms in total. The van der Waals surface area contributed by atoms with Gasteiger partial charge in [0.25, 0.3) is 0 Å². The van der Waals surface area contributed by atoms with E-state index in [9.17, 15) is 44.6 Å². The molecule has 0 spiro atoms. The SMILES string of the molecule is CC/C=C\C/C=C\C/C=C\C/C=C\C/C=C\C/C=C\CCC(=O)OC[C@H](COP(=O)(O)OC1C(O)C(O)C(O)[C@@H](O)C1O)OC(=O)CCCCCCCCCCC. The predicted octanol–water partition coefficient (Wildman–Crippen LogP) is 7.16. The fraction of sp³-hybridized carbons (Fsp3) is 0.674. The number of hydrogen-bond acceptors (Lipinski definition) is 12. The molecule has 6 N–H and O–H groups in total. The molecular weight excluding hydrogens is 755 g/mol. The van der Waals surface area contributed by atoms with Crippen molar-refractivity contribution in [3.63, 3.8) is 0 Å². The fourth-order valence-corrected chi connectivity index (χ4v) is 6.70. The highest BCUT2D eigenvalue weighted by atomic mass is 31.2. The van der Waals surface area contributed by atoms with Gasteiger partial charge in [-0.1, -0.05) is 138 Å². The highest BCUT2D eigenvalue weighted by molar-refractivity contribution is 7.47. The number of ether oxygens (including phenoxy) is 2. The summed E-state index contributed by atoms with van der Waals surface area (Å²) in [6.07, 6.45) is 27.1. The molecule has 1 aliphatic carbocycles. The Balaban J connectivity index is 2.53. The highest BCUT2D eigenvalue weighted by Gasteiger charge is 2.51. The molecule has 8 atom stereocenters. The third-order valence-corrected chi connectivity index (χ3v) is 10.1. The van der Waals surface area contributed by atoms with Gasteiger partial charge in [0.2, 0.25) is 0 Å². The first-order valence-electron chi connectivity index (χ1n) is 20.7. The minimum atomic E-state index is -5.13. The van der Waals surface area contributed by atoms with Crippen LogP contribution in [0.3, 0.4) is 0 Å². The summed E-state index contributed by atoms with van der Waals surface area (Å²) in [7, 11) is -5.13. The molecule has 0 bridgehead atoms. The number of carbonyl (C=O) groups is 2. The zero-order valence-electron chi connectivity index (χ0n) is 34.1. The van der Waals surface area contributed by atoms with Crippen LogP contribution in [0.5, 0.6) is 0 Å². The lowest BCUT2D eigenvalue weighted by atomic mass is 9.85. The average Bonchev–Trinajstić information content (AvgIpc) is 3.19. The summed E-state index contributed by atoms with van der Waals surface area (Å²) in [6, 6.07) is 0. The number of carbonyl (C=O) groups excluding carboxylic acids is 2. The smallest absolute Gasteiger partial charge is 0.462 e. The molecule has 57 heavy (non-hydrogen) atoms. The van der Waals surface area contributed by atoms with E-state index in [1.54, 1.807) is 0 Å². The van der Waals surface area contributed by atoms with E-state index in [1.165, 1.54) is 25.7 Å². The van der Waals surface area contributed by atoms with Crippen LogP contribution in [0.4, 0.5) is 0 Å². The van der Waals surface area contributed by atoms with Gasteiger partial charge < -0.3 is 39.9 Å². The molecule has 0 aromatic heterocycles. The van der Waals surface area contributed by atoms with Gasteiger partial charge in [0.15, 0.2) is 6.10 Å². The summed E-state index contributed by atoms with van der Waals surface area (Å²) in [5.74, 6) is -1.21. The molecule has 0 aromatic carbocycles. The lowest BCUT2D eigenvalue weighted by molar-refractivity contribution is -0.220. The third-order valence-electron chi connectivity index (χ3n) is 9.08. The maximum absolute atomic E-state index is 12.7. The summed E-state index contributed by atoms with van der Waals surface area (Å²) in [5, 5.41) is 49.9. The van der Waals surface area contributed by atoms with Gasteiger partial charge in [0, 0.05) is 12.8 Å². The highest BCUT2D eigenvalue weighted by Crippen LogP contribution is 2.47. The van der Waals surface area contributed by atoms with Crippen molar-refractivity contribution in [2.75, 3.05) is 13.2 Å². The summed E-state index contributed by atoms with van der Waals surface area (Å²) >= 11 is 0. The molecule has 0 saturated heterocycles. The maximum Gasteiger partial charge on any atom is 0.472 e. The van der Waals surface area contributed by atoms with E-state index < -0.39 is 75.7 Å². The quantitative estimate of drug-likeness (QED) is 0.0172. The van der Waals surface area contributed by atoms with Gasteiger partial charge in [-0.3, -0.25) is 18.6 Å². The number of phosphoric ester groups is 1. The van der Waals surface area contributed by atoms with Gasteiger partial charge in [0.1, 0.15) is 43.2 Å². The molecule has 0 heterocycles. The summed E-state index contributed by atoms with van der Waals surface area (Å²) in [4.78, 5) is 35.4. The summed E-state index contributed by atoms with van der Waals surface area (Å²) in [6.45, 7) is 3.05. The Morgan fingerprint density at radius 2 is 1.00 bits per heavy atom. The van der Waals surface area contributed by atoms with Crippen LogP contribution >= 0.6 is 7.82 Å². The molecule has 1 saturated carbocycles. The van der Waals surface area contributed by atoms with Gasteiger partial charge in [-0.15, -0.1) is 0 Å². The Morgan fingerprint density at radius 3 is 1.49 bits per heavy atom. The van der Waals surface area contributed by atoms with Crippen molar-refractivity contribution in [1.29, 1.82) is 0 Å². The van der Waals surface area contributed by atoms with Crippen molar-refractivity contribution in [3.05, 3.63) is 72.9 Å². The second-order valence-electron chi connectivity index (χ2n) is 14.1.